The molecule has 0 aliphatic heterocycles. The normalized spacial score (nSPS) is 10.1. The zero-order valence-corrected chi connectivity index (χ0v) is 9.69. The van der Waals surface area contributed by atoms with Crippen molar-refractivity contribution in [2.45, 2.75) is 0 Å². The summed E-state index contributed by atoms with van der Waals surface area (Å²) in [5.74, 6) is 1.23. The molecule has 0 aliphatic carbocycles. The third kappa shape index (κ3) is 4.90. The molecule has 1 aromatic rings. The van der Waals surface area contributed by atoms with Gasteiger partial charge in [-0.15, -0.1) is 0 Å². The van der Waals surface area contributed by atoms with E-state index in [2.05, 4.69) is 20.6 Å². The zero-order chi connectivity index (χ0) is 11.6. The first-order valence-electron chi connectivity index (χ1n) is 5.16. The molecular weight excluding hydrogens is 208 g/mol. The smallest absolute Gasteiger partial charge is 0.233 e. The van der Waals surface area contributed by atoms with Crippen molar-refractivity contribution in [2.75, 3.05) is 45.8 Å². The van der Waals surface area contributed by atoms with E-state index in [1.165, 1.54) is 0 Å². The van der Waals surface area contributed by atoms with Crippen molar-refractivity contribution in [1.82, 2.24) is 15.3 Å². The van der Waals surface area contributed by atoms with Gasteiger partial charge in [-0.3, -0.25) is 4.98 Å². The molecule has 0 fully saturated rings. The summed E-state index contributed by atoms with van der Waals surface area (Å²) in [5, 5.41) is 6.36. The Bertz CT molecular complexity index is 296. The molecule has 1 rings (SSSR count). The number of aromatic nitrogens is 2. The molecule has 90 valence electrons. The lowest BCUT2D eigenvalue weighted by molar-refractivity contribution is 0.200. The average Bonchev–Trinajstić information content (AvgIpc) is 2.34. The molecule has 1 heterocycles. The third-order valence-corrected chi connectivity index (χ3v) is 1.91. The summed E-state index contributed by atoms with van der Waals surface area (Å²) < 4.78 is 9.88. The highest BCUT2D eigenvalue weighted by Gasteiger charge is 1.96. The summed E-state index contributed by atoms with van der Waals surface area (Å²) in [6.07, 6.45) is 3.24. The van der Waals surface area contributed by atoms with Crippen LogP contribution < -0.4 is 15.4 Å². The Kier molecular flexibility index (Phi) is 6.20. The van der Waals surface area contributed by atoms with Crippen LogP contribution in [0.5, 0.6) is 5.88 Å². The monoisotopic (exact) mass is 226 g/mol. The summed E-state index contributed by atoms with van der Waals surface area (Å²) >= 11 is 0. The molecular formula is C10H18N4O2. The second-order valence-corrected chi connectivity index (χ2v) is 3.12. The number of anilines is 1. The lowest BCUT2D eigenvalue weighted by Gasteiger charge is -2.07. The molecule has 6 heteroatoms. The van der Waals surface area contributed by atoms with Gasteiger partial charge in [-0.25, -0.2) is 0 Å². The van der Waals surface area contributed by atoms with Gasteiger partial charge in [0.25, 0.3) is 0 Å². The van der Waals surface area contributed by atoms with E-state index in [0.717, 1.165) is 26.2 Å². The maximum absolute atomic E-state index is 4.97. The minimum Gasteiger partial charge on any atom is -0.480 e. The first-order valence-corrected chi connectivity index (χ1v) is 5.16. The molecule has 0 saturated heterocycles. The summed E-state index contributed by atoms with van der Waals surface area (Å²) in [6, 6.07) is 0. The largest absolute Gasteiger partial charge is 0.480 e. The molecule has 0 aromatic carbocycles. The maximum atomic E-state index is 4.97. The van der Waals surface area contributed by atoms with Crippen LogP contribution >= 0.6 is 0 Å². The topological polar surface area (TPSA) is 68.3 Å². The van der Waals surface area contributed by atoms with Crippen molar-refractivity contribution in [2.24, 2.45) is 0 Å². The van der Waals surface area contributed by atoms with Gasteiger partial charge in [-0.1, -0.05) is 0 Å². The summed E-state index contributed by atoms with van der Waals surface area (Å²) in [4.78, 5) is 8.17. The Morgan fingerprint density at radius 3 is 2.81 bits per heavy atom. The van der Waals surface area contributed by atoms with Gasteiger partial charge in [0, 0.05) is 26.7 Å². The van der Waals surface area contributed by atoms with Crippen LogP contribution in [0.25, 0.3) is 0 Å². The summed E-state index contributed by atoms with van der Waals surface area (Å²) in [5.41, 5.74) is 0. The Morgan fingerprint density at radius 2 is 2.06 bits per heavy atom. The van der Waals surface area contributed by atoms with E-state index >= 15 is 0 Å². The Morgan fingerprint density at radius 1 is 1.19 bits per heavy atom. The molecule has 2 N–H and O–H groups in total. The fourth-order valence-electron chi connectivity index (χ4n) is 1.11. The number of ether oxygens (including phenoxy) is 2. The van der Waals surface area contributed by atoms with Crippen molar-refractivity contribution < 1.29 is 9.47 Å². The minimum absolute atomic E-state index is 0.511. The van der Waals surface area contributed by atoms with E-state index in [1.807, 2.05) is 0 Å². The minimum atomic E-state index is 0.511. The van der Waals surface area contributed by atoms with Crippen LogP contribution in [0.15, 0.2) is 12.4 Å². The molecule has 0 radical (unpaired) electrons. The molecule has 0 saturated carbocycles. The molecule has 0 atom stereocenters. The van der Waals surface area contributed by atoms with Crippen molar-refractivity contribution in [1.29, 1.82) is 0 Å². The predicted molar refractivity (Wildman–Crippen MR) is 61.8 cm³/mol. The molecule has 0 amide bonds. The molecule has 16 heavy (non-hydrogen) atoms. The predicted octanol–water partition coefficient (Wildman–Crippen LogP) is 0.133. The van der Waals surface area contributed by atoms with Crippen LogP contribution in [0.2, 0.25) is 0 Å². The van der Waals surface area contributed by atoms with E-state index in [-0.39, 0.29) is 0 Å². The molecule has 0 spiro atoms. The SMILES string of the molecule is COCCNCCNc1cncc(OC)n1. The number of hydrogen-bond acceptors (Lipinski definition) is 6. The Balaban J connectivity index is 2.16. The Labute approximate surface area is 95.4 Å². The average molecular weight is 226 g/mol. The number of nitrogens with zero attached hydrogens (tertiary/aromatic N) is 2. The fraction of sp³-hybridized carbons (Fsp3) is 0.600. The van der Waals surface area contributed by atoms with Gasteiger partial charge < -0.3 is 20.1 Å². The van der Waals surface area contributed by atoms with Crippen LogP contribution in [0, 0.1) is 0 Å². The van der Waals surface area contributed by atoms with Gasteiger partial charge in [0.1, 0.15) is 5.82 Å². The van der Waals surface area contributed by atoms with Gasteiger partial charge in [-0.05, 0) is 0 Å². The van der Waals surface area contributed by atoms with Gasteiger partial charge in [0.15, 0.2) is 0 Å². The Hall–Kier alpha value is -1.40. The maximum Gasteiger partial charge on any atom is 0.233 e. The highest BCUT2D eigenvalue weighted by atomic mass is 16.5. The summed E-state index contributed by atoms with van der Waals surface area (Å²) in [7, 11) is 3.26. The van der Waals surface area contributed by atoms with Gasteiger partial charge in [0.2, 0.25) is 5.88 Å². The lowest BCUT2D eigenvalue weighted by atomic mass is 10.5. The highest BCUT2D eigenvalue weighted by Crippen LogP contribution is 2.06. The van der Waals surface area contributed by atoms with Crippen LogP contribution in [0.3, 0.4) is 0 Å². The highest BCUT2D eigenvalue weighted by molar-refractivity contribution is 5.32. The van der Waals surface area contributed by atoms with Crippen molar-refractivity contribution in [3.63, 3.8) is 0 Å². The van der Waals surface area contributed by atoms with E-state index < -0.39 is 0 Å². The molecule has 1 aromatic heterocycles. The molecule has 0 unspecified atom stereocenters. The van der Waals surface area contributed by atoms with E-state index in [9.17, 15) is 0 Å². The van der Waals surface area contributed by atoms with Crippen molar-refractivity contribution in [3.05, 3.63) is 12.4 Å². The zero-order valence-electron chi connectivity index (χ0n) is 9.69. The van der Waals surface area contributed by atoms with Gasteiger partial charge in [0.05, 0.1) is 26.1 Å². The van der Waals surface area contributed by atoms with Crippen LogP contribution in [0.1, 0.15) is 0 Å². The summed E-state index contributed by atoms with van der Waals surface area (Å²) in [6.45, 7) is 3.20. The van der Waals surface area contributed by atoms with Crippen molar-refractivity contribution >= 4 is 5.82 Å². The third-order valence-electron chi connectivity index (χ3n) is 1.91. The molecule has 0 aliphatic rings. The van der Waals surface area contributed by atoms with Crippen LogP contribution in [-0.2, 0) is 4.74 Å². The van der Waals surface area contributed by atoms with Gasteiger partial charge >= 0.3 is 0 Å². The second-order valence-electron chi connectivity index (χ2n) is 3.12. The first kappa shape index (κ1) is 12.7. The molecule has 0 bridgehead atoms. The number of methoxy groups -OCH3 is 2. The standard InChI is InChI=1S/C10H18N4O2/c1-15-6-5-11-3-4-13-9-7-12-8-10(14-9)16-2/h7-8,11H,3-6H2,1-2H3,(H,13,14). The lowest BCUT2D eigenvalue weighted by Crippen LogP contribution is -2.25. The number of rotatable bonds is 8. The molecule has 6 nitrogen and oxygen atoms in total. The van der Waals surface area contributed by atoms with E-state index in [0.29, 0.717) is 11.7 Å². The van der Waals surface area contributed by atoms with Crippen molar-refractivity contribution in [3.8, 4) is 5.88 Å². The van der Waals surface area contributed by atoms with Crippen LogP contribution in [-0.4, -0.2) is 50.4 Å². The first-order chi connectivity index (χ1) is 7.86. The quantitative estimate of drug-likeness (QED) is 0.614. The fourth-order valence-corrected chi connectivity index (χ4v) is 1.11. The van der Waals surface area contributed by atoms with E-state index in [4.69, 9.17) is 9.47 Å². The van der Waals surface area contributed by atoms with Gasteiger partial charge in [-0.2, -0.15) is 4.98 Å². The van der Waals surface area contributed by atoms with E-state index in [1.54, 1.807) is 26.6 Å². The van der Waals surface area contributed by atoms with Crippen LogP contribution in [0.4, 0.5) is 5.82 Å². The number of nitrogens with one attached hydrogen (secondary N) is 2. The number of hydrogen-bond donors (Lipinski definition) is 2. The second kappa shape index (κ2) is 7.84.